The molecular weight excluding hydrogens is 229 g/mol. The molecule has 0 bridgehead atoms. The van der Waals surface area contributed by atoms with Crippen LogP contribution in [0.3, 0.4) is 0 Å². The molecule has 17 heavy (non-hydrogen) atoms. The lowest BCUT2D eigenvalue weighted by Crippen LogP contribution is -1.92. The zero-order valence-corrected chi connectivity index (χ0v) is 8.88. The number of nitrogens with zero attached hydrogens (tertiary/aromatic N) is 2. The van der Waals surface area contributed by atoms with Crippen LogP contribution in [-0.4, -0.2) is 9.55 Å². The van der Waals surface area contributed by atoms with Crippen LogP contribution in [-0.2, 0) is 13.0 Å². The summed E-state index contributed by atoms with van der Waals surface area (Å²) in [5.41, 5.74) is 0.363. The maximum Gasteiger partial charge on any atom is 0.161 e. The number of hydrogen-bond acceptors (Lipinski definition) is 1. The zero-order chi connectivity index (χ0) is 12.0. The molecule has 0 fully saturated rings. The van der Waals surface area contributed by atoms with Crippen molar-refractivity contribution in [3.8, 4) is 11.3 Å². The highest BCUT2D eigenvalue weighted by atomic mass is 19.2. The van der Waals surface area contributed by atoms with Crippen LogP contribution in [0.2, 0.25) is 0 Å². The number of halogens is 3. The molecule has 0 saturated heterocycles. The second-order valence-electron chi connectivity index (χ2n) is 4.09. The van der Waals surface area contributed by atoms with Crippen LogP contribution in [0.5, 0.6) is 0 Å². The van der Waals surface area contributed by atoms with Crippen molar-refractivity contribution in [1.82, 2.24) is 9.55 Å². The van der Waals surface area contributed by atoms with Gasteiger partial charge in [-0.15, -0.1) is 0 Å². The normalized spacial score (nSPS) is 14.1. The van der Waals surface area contributed by atoms with E-state index in [-0.39, 0.29) is 5.56 Å². The monoisotopic (exact) mass is 238 g/mol. The standard InChI is InChI=1S/C12H9F3N2/c13-8-5-10(15)9(14)4-7(8)11-6-17-3-1-2-12(17)16-11/h4-6H,1-3H2. The molecule has 0 radical (unpaired) electrons. The van der Waals surface area contributed by atoms with Crippen molar-refractivity contribution in [2.75, 3.05) is 0 Å². The first-order valence-corrected chi connectivity index (χ1v) is 5.36. The molecule has 0 spiro atoms. The summed E-state index contributed by atoms with van der Waals surface area (Å²) in [5, 5.41) is 0. The van der Waals surface area contributed by atoms with Gasteiger partial charge < -0.3 is 4.57 Å². The molecule has 1 aliphatic heterocycles. The molecule has 2 heterocycles. The van der Waals surface area contributed by atoms with E-state index in [4.69, 9.17) is 0 Å². The lowest BCUT2D eigenvalue weighted by molar-refractivity contribution is 0.496. The van der Waals surface area contributed by atoms with Gasteiger partial charge in [-0.3, -0.25) is 0 Å². The molecule has 0 amide bonds. The molecule has 2 aromatic rings. The second-order valence-corrected chi connectivity index (χ2v) is 4.09. The van der Waals surface area contributed by atoms with E-state index in [0.29, 0.717) is 11.8 Å². The fourth-order valence-corrected chi connectivity index (χ4v) is 2.10. The fraction of sp³-hybridized carbons (Fsp3) is 0.250. The summed E-state index contributed by atoms with van der Waals surface area (Å²) in [4.78, 5) is 4.23. The van der Waals surface area contributed by atoms with Crippen molar-refractivity contribution in [3.63, 3.8) is 0 Å². The van der Waals surface area contributed by atoms with Gasteiger partial charge in [0.1, 0.15) is 11.6 Å². The third kappa shape index (κ3) is 1.62. The van der Waals surface area contributed by atoms with Gasteiger partial charge in [0.25, 0.3) is 0 Å². The molecule has 0 atom stereocenters. The molecule has 1 aliphatic rings. The Labute approximate surface area is 95.7 Å². The number of rotatable bonds is 1. The van der Waals surface area contributed by atoms with Gasteiger partial charge in [-0.1, -0.05) is 0 Å². The maximum atomic E-state index is 13.5. The Morgan fingerprint density at radius 1 is 1.06 bits per heavy atom. The quantitative estimate of drug-likeness (QED) is 0.698. The Kier molecular flexibility index (Phi) is 2.21. The number of imidazole rings is 1. The van der Waals surface area contributed by atoms with Crippen molar-refractivity contribution >= 4 is 0 Å². The lowest BCUT2D eigenvalue weighted by atomic mass is 10.1. The van der Waals surface area contributed by atoms with Gasteiger partial charge in [-0.05, 0) is 12.5 Å². The Morgan fingerprint density at radius 2 is 1.82 bits per heavy atom. The van der Waals surface area contributed by atoms with Gasteiger partial charge in [0, 0.05) is 30.8 Å². The molecule has 3 rings (SSSR count). The minimum Gasteiger partial charge on any atom is -0.334 e. The smallest absolute Gasteiger partial charge is 0.161 e. The summed E-state index contributed by atoms with van der Waals surface area (Å²) < 4.78 is 41.3. The highest BCUT2D eigenvalue weighted by Gasteiger charge is 2.18. The van der Waals surface area contributed by atoms with Crippen molar-refractivity contribution in [1.29, 1.82) is 0 Å². The Balaban J connectivity index is 2.11. The summed E-state index contributed by atoms with van der Waals surface area (Å²) in [5.74, 6) is -2.17. The highest BCUT2D eigenvalue weighted by molar-refractivity contribution is 5.59. The van der Waals surface area contributed by atoms with Crippen LogP contribution in [0.15, 0.2) is 18.3 Å². The van der Waals surface area contributed by atoms with E-state index in [1.54, 1.807) is 6.20 Å². The molecule has 0 N–H and O–H groups in total. The van der Waals surface area contributed by atoms with Gasteiger partial charge in [0.2, 0.25) is 0 Å². The largest absolute Gasteiger partial charge is 0.334 e. The lowest BCUT2D eigenvalue weighted by Gasteiger charge is -2.01. The van der Waals surface area contributed by atoms with E-state index in [2.05, 4.69) is 4.98 Å². The molecule has 0 aliphatic carbocycles. The van der Waals surface area contributed by atoms with Crippen LogP contribution in [0.25, 0.3) is 11.3 Å². The third-order valence-electron chi connectivity index (χ3n) is 2.94. The van der Waals surface area contributed by atoms with E-state index in [1.807, 2.05) is 4.57 Å². The predicted octanol–water partition coefficient (Wildman–Crippen LogP) is 2.91. The summed E-state index contributed by atoms with van der Waals surface area (Å²) >= 11 is 0. The van der Waals surface area contributed by atoms with Crippen LogP contribution < -0.4 is 0 Å². The Bertz CT molecular complexity index is 568. The molecule has 88 valence electrons. The molecule has 2 nitrogen and oxygen atoms in total. The maximum absolute atomic E-state index is 13.5. The van der Waals surface area contributed by atoms with Gasteiger partial charge >= 0.3 is 0 Å². The summed E-state index contributed by atoms with van der Waals surface area (Å²) in [6, 6.07) is 1.40. The molecule has 1 aromatic carbocycles. The van der Waals surface area contributed by atoms with Gasteiger partial charge in [0.05, 0.1) is 5.69 Å². The third-order valence-corrected chi connectivity index (χ3v) is 2.94. The van der Waals surface area contributed by atoms with E-state index < -0.39 is 17.5 Å². The molecule has 1 aromatic heterocycles. The first-order valence-electron chi connectivity index (χ1n) is 5.36. The average Bonchev–Trinajstić information content (AvgIpc) is 2.83. The van der Waals surface area contributed by atoms with Gasteiger partial charge in [0.15, 0.2) is 11.6 Å². The van der Waals surface area contributed by atoms with Crippen LogP contribution >= 0.6 is 0 Å². The summed E-state index contributed by atoms with van der Waals surface area (Å²) in [7, 11) is 0. The number of aryl methyl sites for hydroxylation is 2. The number of benzene rings is 1. The minimum atomic E-state index is -1.18. The summed E-state index contributed by atoms with van der Waals surface area (Å²) in [6.07, 6.45) is 3.53. The van der Waals surface area contributed by atoms with Crippen molar-refractivity contribution in [2.24, 2.45) is 0 Å². The van der Waals surface area contributed by atoms with Crippen molar-refractivity contribution in [3.05, 3.63) is 41.6 Å². The second kappa shape index (κ2) is 3.61. The first kappa shape index (κ1) is 10.4. The molecule has 0 unspecified atom stereocenters. The summed E-state index contributed by atoms with van der Waals surface area (Å²) in [6.45, 7) is 0.841. The van der Waals surface area contributed by atoms with Crippen LogP contribution in [0.1, 0.15) is 12.2 Å². The van der Waals surface area contributed by atoms with E-state index in [1.165, 1.54) is 0 Å². The Morgan fingerprint density at radius 3 is 2.59 bits per heavy atom. The molecule has 0 saturated carbocycles. The number of fused-ring (bicyclic) bond motifs is 1. The topological polar surface area (TPSA) is 17.8 Å². The minimum absolute atomic E-state index is 0.00537. The van der Waals surface area contributed by atoms with Gasteiger partial charge in [-0.2, -0.15) is 0 Å². The number of hydrogen-bond donors (Lipinski definition) is 0. The van der Waals surface area contributed by atoms with Crippen LogP contribution in [0.4, 0.5) is 13.2 Å². The van der Waals surface area contributed by atoms with Crippen molar-refractivity contribution < 1.29 is 13.2 Å². The van der Waals surface area contributed by atoms with E-state index in [0.717, 1.165) is 31.3 Å². The Hall–Kier alpha value is -1.78. The van der Waals surface area contributed by atoms with Crippen molar-refractivity contribution in [2.45, 2.75) is 19.4 Å². The molecule has 5 heteroatoms. The predicted molar refractivity (Wildman–Crippen MR) is 55.9 cm³/mol. The van der Waals surface area contributed by atoms with Crippen LogP contribution in [0, 0.1) is 17.5 Å². The van der Waals surface area contributed by atoms with E-state index in [9.17, 15) is 13.2 Å². The number of aromatic nitrogens is 2. The SMILES string of the molecule is Fc1cc(F)c(-c2cn3c(n2)CCC3)cc1F. The first-order chi connectivity index (χ1) is 8.15. The average molecular weight is 238 g/mol. The highest BCUT2D eigenvalue weighted by Crippen LogP contribution is 2.26. The zero-order valence-electron chi connectivity index (χ0n) is 8.88. The van der Waals surface area contributed by atoms with Gasteiger partial charge in [-0.25, -0.2) is 18.2 Å². The van der Waals surface area contributed by atoms with E-state index >= 15 is 0 Å². The fourth-order valence-electron chi connectivity index (χ4n) is 2.10. The molecular formula is C12H9F3N2.